The molecule has 2 N–H and O–H groups in total. The molecule has 7 heteroatoms. The fraction of sp³-hybridized carbons (Fsp3) is 0.176. The number of benzene rings is 2. The molecule has 0 spiro atoms. The average Bonchev–Trinajstić information content (AvgIpc) is 2.54. The van der Waals surface area contributed by atoms with Crippen LogP contribution in [0.4, 0.5) is 5.69 Å². The number of hydrogen-bond acceptors (Lipinski definition) is 4. The molecule has 1 amide bonds. The molecule has 0 atom stereocenters. The van der Waals surface area contributed by atoms with Gasteiger partial charge < -0.3 is 10.1 Å². The predicted octanol–water partition coefficient (Wildman–Crippen LogP) is 4.09. The molecule has 0 aliphatic heterocycles. The van der Waals surface area contributed by atoms with Gasteiger partial charge in [0.1, 0.15) is 5.75 Å². The minimum Gasteiger partial charge on any atom is -0.496 e. The second-order valence-electron chi connectivity index (χ2n) is 4.99. The van der Waals surface area contributed by atoms with Crippen LogP contribution >= 0.6 is 31.9 Å². The number of rotatable bonds is 6. The summed E-state index contributed by atoms with van der Waals surface area (Å²) in [6, 6.07) is 11.4. The van der Waals surface area contributed by atoms with Gasteiger partial charge >= 0.3 is 0 Å². The molecule has 0 bridgehead atoms. The Balaban J connectivity index is 1.91. The summed E-state index contributed by atoms with van der Waals surface area (Å²) in [5.74, 6) is 0.446. The lowest BCUT2D eigenvalue weighted by Gasteiger charge is -2.11. The molecule has 0 radical (unpaired) electrons. The van der Waals surface area contributed by atoms with E-state index < -0.39 is 0 Å². The highest BCUT2D eigenvalue weighted by Crippen LogP contribution is 2.32. The van der Waals surface area contributed by atoms with Gasteiger partial charge in [0.15, 0.2) is 0 Å². The number of hydrogen-bond donors (Lipinski definition) is 2. The molecule has 0 heterocycles. The zero-order valence-electron chi connectivity index (χ0n) is 13.3. The Hall–Kier alpha value is -1.86. The van der Waals surface area contributed by atoms with E-state index in [2.05, 4.69) is 47.7 Å². The van der Waals surface area contributed by atoms with E-state index >= 15 is 0 Å². The van der Waals surface area contributed by atoms with Gasteiger partial charge in [-0.3, -0.25) is 4.79 Å². The van der Waals surface area contributed by atoms with Gasteiger partial charge in [-0.05, 0) is 68.6 Å². The summed E-state index contributed by atoms with van der Waals surface area (Å²) >= 11 is 6.96. The van der Waals surface area contributed by atoms with E-state index in [0.717, 1.165) is 25.8 Å². The summed E-state index contributed by atoms with van der Waals surface area (Å²) in [4.78, 5) is 11.9. The van der Waals surface area contributed by atoms with E-state index in [1.807, 2.05) is 43.3 Å². The number of halogens is 2. The normalized spacial score (nSPS) is 10.7. The summed E-state index contributed by atoms with van der Waals surface area (Å²) in [6.07, 6.45) is 1.55. The van der Waals surface area contributed by atoms with Gasteiger partial charge in [0.2, 0.25) is 0 Å². The number of nitrogens with zero attached hydrogens (tertiary/aromatic N) is 1. The van der Waals surface area contributed by atoms with Crippen LogP contribution in [0.1, 0.15) is 11.1 Å². The molecule has 0 saturated heterocycles. The summed E-state index contributed by atoms with van der Waals surface area (Å²) in [5.41, 5.74) is 5.21. The molecular formula is C17H17Br2N3O2. The minimum absolute atomic E-state index is 0.101. The number of hydrazone groups is 1. The fourth-order valence-corrected chi connectivity index (χ4v) is 3.72. The Kier molecular flexibility index (Phi) is 6.81. The van der Waals surface area contributed by atoms with E-state index in [9.17, 15) is 4.79 Å². The maximum Gasteiger partial charge on any atom is 0.259 e. The summed E-state index contributed by atoms with van der Waals surface area (Å²) in [5, 5.41) is 7.03. The van der Waals surface area contributed by atoms with Gasteiger partial charge in [-0.15, -0.1) is 0 Å². The molecule has 126 valence electrons. The van der Waals surface area contributed by atoms with Crippen LogP contribution < -0.4 is 15.5 Å². The number of ether oxygens (including phenoxy) is 1. The van der Waals surface area contributed by atoms with Gasteiger partial charge in [0.25, 0.3) is 5.91 Å². The molecule has 5 nitrogen and oxygen atoms in total. The van der Waals surface area contributed by atoms with Crippen molar-refractivity contribution in [1.29, 1.82) is 0 Å². The quantitative estimate of drug-likeness (QED) is 0.510. The Labute approximate surface area is 157 Å². The van der Waals surface area contributed by atoms with Crippen molar-refractivity contribution in [1.82, 2.24) is 5.43 Å². The number of nitrogens with one attached hydrogen (secondary N) is 2. The highest BCUT2D eigenvalue weighted by Gasteiger charge is 2.08. The fourth-order valence-electron chi connectivity index (χ4n) is 2.02. The number of carbonyl (C=O) groups excluding carboxylic acids is 1. The molecule has 2 aromatic rings. The molecule has 0 saturated carbocycles. The minimum atomic E-state index is -0.250. The number of carbonyl (C=O) groups is 1. The van der Waals surface area contributed by atoms with Crippen LogP contribution in [-0.2, 0) is 4.79 Å². The van der Waals surface area contributed by atoms with E-state index in [1.54, 1.807) is 13.3 Å². The highest BCUT2D eigenvalue weighted by atomic mass is 79.9. The van der Waals surface area contributed by atoms with Gasteiger partial charge in [-0.2, -0.15) is 5.10 Å². The smallest absolute Gasteiger partial charge is 0.259 e. The van der Waals surface area contributed by atoms with Crippen molar-refractivity contribution in [2.45, 2.75) is 6.92 Å². The van der Waals surface area contributed by atoms with Crippen LogP contribution in [0.25, 0.3) is 0 Å². The van der Waals surface area contributed by atoms with Crippen LogP contribution in [-0.4, -0.2) is 25.8 Å². The highest BCUT2D eigenvalue weighted by molar-refractivity contribution is 9.11. The van der Waals surface area contributed by atoms with Crippen LogP contribution in [0.3, 0.4) is 0 Å². The molecule has 2 rings (SSSR count). The molecule has 0 aliphatic rings. The third-order valence-electron chi connectivity index (χ3n) is 3.14. The molecule has 24 heavy (non-hydrogen) atoms. The maximum atomic E-state index is 11.9. The lowest BCUT2D eigenvalue weighted by atomic mass is 10.2. The number of anilines is 1. The van der Waals surface area contributed by atoms with E-state index in [1.165, 1.54) is 0 Å². The Morgan fingerprint density at radius 2 is 1.92 bits per heavy atom. The van der Waals surface area contributed by atoms with Crippen LogP contribution in [0, 0.1) is 6.92 Å². The van der Waals surface area contributed by atoms with Gasteiger partial charge in [-0.1, -0.05) is 12.1 Å². The second-order valence-corrected chi connectivity index (χ2v) is 6.70. The lowest BCUT2D eigenvalue weighted by molar-refractivity contribution is -0.119. The Morgan fingerprint density at radius 1 is 1.25 bits per heavy atom. The van der Waals surface area contributed by atoms with Gasteiger partial charge in [0, 0.05) is 14.5 Å². The molecule has 0 aromatic heterocycles. The van der Waals surface area contributed by atoms with Crippen molar-refractivity contribution in [3.05, 3.63) is 56.5 Å². The average molecular weight is 455 g/mol. The summed E-state index contributed by atoms with van der Waals surface area (Å²) in [6.45, 7) is 2.10. The Bertz CT molecular complexity index is 740. The van der Waals surface area contributed by atoms with Crippen molar-refractivity contribution in [2.75, 3.05) is 19.0 Å². The number of para-hydroxylation sites is 1. The van der Waals surface area contributed by atoms with Crippen LogP contribution in [0.5, 0.6) is 5.75 Å². The summed E-state index contributed by atoms with van der Waals surface area (Å²) < 4.78 is 6.99. The van der Waals surface area contributed by atoms with Crippen molar-refractivity contribution in [3.63, 3.8) is 0 Å². The van der Waals surface area contributed by atoms with Crippen LogP contribution in [0.15, 0.2) is 50.4 Å². The SMILES string of the molecule is COc1ccccc1/C=N\NC(=O)CNc1c(Br)cc(C)cc1Br. The number of methoxy groups -OCH3 is 1. The number of aryl methyl sites for hydroxylation is 1. The van der Waals surface area contributed by atoms with Crippen molar-refractivity contribution in [3.8, 4) is 5.75 Å². The first-order valence-electron chi connectivity index (χ1n) is 7.15. The molecule has 0 aliphatic carbocycles. The molecular weight excluding hydrogens is 438 g/mol. The summed E-state index contributed by atoms with van der Waals surface area (Å²) in [7, 11) is 1.59. The predicted molar refractivity (Wildman–Crippen MR) is 104 cm³/mol. The Morgan fingerprint density at radius 3 is 2.58 bits per heavy atom. The lowest BCUT2D eigenvalue weighted by Crippen LogP contribution is -2.26. The third kappa shape index (κ3) is 5.07. The van der Waals surface area contributed by atoms with E-state index in [4.69, 9.17) is 4.74 Å². The van der Waals surface area contributed by atoms with E-state index in [0.29, 0.717) is 5.75 Å². The zero-order chi connectivity index (χ0) is 17.5. The largest absolute Gasteiger partial charge is 0.496 e. The first kappa shape index (κ1) is 18.5. The van der Waals surface area contributed by atoms with E-state index in [-0.39, 0.29) is 12.5 Å². The third-order valence-corrected chi connectivity index (χ3v) is 4.39. The second kappa shape index (κ2) is 8.84. The maximum absolute atomic E-state index is 11.9. The van der Waals surface area contributed by atoms with Crippen LogP contribution in [0.2, 0.25) is 0 Å². The molecule has 0 fully saturated rings. The molecule has 0 unspecified atom stereocenters. The first-order chi connectivity index (χ1) is 11.5. The molecule has 2 aromatic carbocycles. The van der Waals surface area contributed by atoms with Crippen molar-refractivity contribution >= 4 is 49.7 Å². The zero-order valence-corrected chi connectivity index (χ0v) is 16.4. The monoisotopic (exact) mass is 453 g/mol. The standard InChI is InChI=1S/C17H17Br2N3O2/c1-11-7-13(18)17(14(19)8-11)20-10-16(23)22-21-9-12-5-3-4-6-15(12)24-2/h3-9,20H,10H2,1-2H3,(H,22,23)/b21-9-. The van der Waals surface area contributed by atoms with Gasteiger partial charge in [-0.25, -0.2) is 5.43 Å². The van der Waals surface area contributed by atoms with Gasteiger partial charge in [0.05, 0.1) is 25.6 Å². The topological polar surface area (TPSA) is 62.7 Å². The number of amides is 1. The first-order valence-corrected chi connectivity index (χ1v) is 8.74. The van der Waals surface area contributed by atoms with Crippen molar-refractivity contribution < 1.29 is 9.53 Å². The van der Waals surface area contributed by atoms with Crippen molar-refractivity contribution in [2.24, 2.45) is 5.10 Å².